The summed E-state index contributed by atoms with van der Waals surface area (Å²) in [6.45, 7) is 4.02. The molecule has 1 N–H and O–H groups in total. The molecule has 0 aromatic carbocycles. The number of halogens is 1. The molecule has 0 spiro atoms. The van der Waals surface area contributed by atoms with Gasteiger partial charge in [-0.3, -0.25) is 0 Å². The fourth-order valence-corrected chi connectivity index (χ4v) is 2.71. The van der Waals surface area contributed by atoms with Gasteiger partial charge in [-0.25, -0.2) is 0 Å². The molecule has 0 unspecified atom stereocenters. The summed E-state index contributed by atoms with van der Waals surface area (Å²) >= 11 is 6.47. The van der Waals surface area contributed by atoms with Crippen LogP contribution in [0.2, 0.25) is 5.02 Å². The summed E-state index contributed by atoms with van der Waals surface area (Å²) in [7, 11) is 0. The van der Waals surface area contributed by atoms with Crippen molar-refractivity contribution in [2.24, 2.45) is 0 Å². The number of nitrogens with zero attached hydrogens (tertiary/aromatic N) is 1. The van der Waals surface area contributed by atoms with Crippen molar-refractivity contribution in [1.82, 2.24) is 9.97 Å². The Labute approximate surface area is 109 Å². The van der Waals surface area contributed by atoms with Gasteiger partial charge >= 0.3 is 109 Å². The molecule has 0 saturated carbocycles. The topological polar surface area (TPSA) is 28.7 Å². The van der Waals surface area contributed by atoms with E-state index >= 15 is 0 Å². The van der Waals surface area contributed by atoms with E-state index in [1.54, 1.807) is 0 Å². The van der Waals surface area contributed by atoms with E-state index in [-0.39, 0.29) is 0 Å². The van der Waals surface area contributed by atoms with E-state index < -0.39 is 0 Å². The summed E-state index contributed by atoms with van der Waals surface area (Å²) in [6, 6.07) is 6.07. The van der Waals surface area contributed by atoms with Crippen LogP contribution in [0.5, 0.6) is 0 Å². The molecule has 0 amide bonds. The average molecular weight is 248 g/mol. The average Bonchev–Trinajstić information content (AvgIpc) is 2.79. The van der Waals surface area contributed by atoms with Crippen molar-refractivity contribution in [1.29, 1.82) is 0 Å². The molecule has 18 heavy (non-hydrogen) atoms. The molecular weight excluding hydrogens is 241 g/mol. The van der Waals surface area contributed by atoms with Gasteiger partial charge in [-0.1, -0.05) is 0 Å². The van der Waals surface area contributed by atoms with Gasteiger partial charge in [0.25, 0.3) is 0 Å². The third-order valence-corrected chi connectivity index (χ3v) is 3.66. The molecular formula is C13H7B2ClN2. The van der Waals surface area contributed by atoms with Crippen LogP contribution < -0.4 is 0 Å². The Morgan fingerprint density at radius 2 is 2.11 bits per heavy atom. The monoisotopic (exact) mass is 248 g/mol. The van der Waals surface area contributed by atoms with E-state index in [4.69, 9.17) is 16.6 Å². The van der Waals surface area contributed by atoms with Crippen LogP contribution in [0.1, 0.15) is 0 Å². The molecule has 0 atom stereocenters. The van der Waals surface area contributed by atoms with Crippen LogP contribution in [0.25, 0.3) is 32.7 Å². The van der Waals surface area contributed by atoms with Crippen LogP contribution in [0.3, 0.4) is 0 Å². The van der Waals surface area contributed by atoms with E-state index in [0.717, 1.165) is 37.8 Å². The van der Waals surface area contributed by atoms with Crippen molar-refractivity contribution >= 4 is 58.2 Å². The van der Waals surface area contributed by atoms with Gasteiger partial charge < -0.3 is 0 Å². The summed E-state index contributed by atoms with van der Waals surface area (Å²) in [4.78, 5) is 8.05. The number of aromatic nitrogens is 2. The van der Waals surface area contributed by atoms with Gasteiger partial charge in [-0.05, 0) is 0 Å². The molecule has 4 heterocycles. The molecule has 0 radical (unpaired) electrons. The Hall–Kier alpha value is -1.67. The zero-order valence-corrected chi connectivity index (χ0v) is 10.2. The predicted octanol–water partition coefficient (Wildman–Crippen LogP) is 3.20. The molecule has 2 nitrogen and oxygen atoms in total. The molecule has 0 aliphatic heterocycles. The summed E-state index contributed by atoms with van der Waals surface area (Å²) in [5.74, 6) is 5.97. The van der Waals surface area contributed by atoms with Gasteiger partial charge in [0.1, 0.15) is 0 Å². The number of rotatable bonds is 0. The second-order valence-corrected chi connectivity index (χ2v) is 4.72. The van der Waals surface area contributed by atoms with Crippen molar-refractivity contribution in [3.63, 3.8) is 0 Å². The zero-order chi connectivity index (χ0) is 12.1. The third-order valence-electron chi connectivity index (χ3n) is 3.27. The Kier molecular flexibility index (Phi) is 2.09. The minimum absolute atomic E-state index is 0.742. The van der Waals surface area contributed by atoms with Crippen molar-refractivity contribution < 1.29 is 0 Å². The molecule has 0 fully saturated rings. The molecule has 0 saturated heterocycles. The Morgan fingerprint density at radius 3 is 3.06 bits per heavy atom. The fourth-order valence-electron chi connectivity index (χ4n) is 2.41. The molecule has 0 aliphatic carbocycles. The minimum atomic E-state index is 0.742. The van der Waals surface area contributed by atoms with Crippen LogP contribution in [-0.4, -0.2) is 23.8 Å². The SMILES string of the molecule is Clc1c2ccbcc2nc2c1[nH]c1bcccc12. The standard InChI is InChI=1S/C13H7B2ClN2/c16-10-7-3-5-14-6-9(7)17-11-8-2-1-4-15-13(8)18-12(10)11/h1-6,18H. The Morgan fingerprint density at radius 1 is 1.17 bits per heavy atom. The first-order chi connectivity index (χ1) is 8.84. The maximum absolute atomic E-state index is 6.47. The van der Waals surface area contributed by atoms with Crippen molar-refractivity contribution in [2.75, 3.05) is 0 Å². The second-order valence-electron chi connectivity index (χ2n) is 4.34. The van der Waals surface area contributed by atoms with Crippen LogP contribution in [0, 0.1) is 0 Å². The van der Waals surface area contributed by atoms with E-state index in [1.165, 1.54) is 0 Å². The summed E-state index contributed by atoms with van der Waals surface area (Å²) < 4.78 is 0. The quantitative estimate of drug-likeness (QED) is 0.508. The van der Waals surface area contributed by atoms with Crippen LogP contribution in [-0.2, 0) is 0 Å². The Balaban J connectivity index is 2.33. The zero-order valence-electron chi connectivity index (χ0n) is 9.44. The van der Waals surface area contributed by atoms with E-state index in [0.29, 0.717) is 0 Å². The van der Waals surface area contributed by atoms with E-state index in [2.05, 4.69) is 11.1 Å². The first-order valence-corrected chi connectivity index (χ1v) is 6.17. The van der Waals surface area contributed by atoms with Gasteiger partial charge in [0, 0.05) is 0 Å². The first-order valence-electron chi connectivity index (χ1n) is 5.79. The number of fused-ring (bicyclic) bond motifs is 4. The van der Waals surface area contributed by atoms with Crippen molar-refractivity contribution in [3.8, 4) is 0 Å². The van der Waals surface area contributed by atoms with Gasteiger partial charge in [0.2, 0.25) is 0 Å². The van der Waals surface area contributed by atoms with E-state index in [1.807, 2.05) is 43.8 Å². The van der Waals surface area contributed by atoms with Gasteiger partial charge in [-0.2, -0.15) is 0 Å². The fraction of sp³-hybridized carbons (Fsp3) is 0. The molecule has 5 heteroatoms. The molecule has 82 valence electrons. The Bertz CT molecular complexity index is 901. The van der Waals surface area contributed by atoms with E-state index in [9.17, 15) is 0 Å². The molecule has 4 rings (SSSR count). The normalized spacial score (nSPS) is 11.2. The number of aromatic amines is 1. The van der Waals surface area contributed by atoms with Gasteiger partial charge in [0.15, 0.2) is 0 Å². The van der Waals surface area contributed by atoms with Crippen molar-refractivity contribution in [3.05, 3.63) is 41.1 Å². The van der Waals surface area contributed by atoms with Crippen LogP contribution in [0.15, 0.2) is 36.1 Å². The summed E-state index contributed by atoms with van der Waals surface area (Å²) in [5.41, 5.74) is 3.85. The summed E-state index contributed by atoms with van der Waals surface area (Å²) in [6.07, 6.45) is 0. The molecule has 0 bridgehead atoms. The number of pyridine rings is 1. The summed E-state index contributed by atoms with van der Waals surface area (Å²) in [5, 5.41) is 2.84. The maximum atomic E-state index is 6.47. The second kappa shape index (κ2) is 3.66. The first kappa shape index (κ1) is 10.3. The van der Waals surface area contributed by atoms with Gasteiger partial charge in [-0.15, -0.1) is 0 Å². The molecule has 4 aromatic heterocycles. The third kappa shape index (κ3) is 1.30. The number of nitrogens with one attached hydrogen (secondary N) is 1. The van der Waals surface area contributed by atoms with Crippen molar-refractivity contribution in [2.45, 2.75) is 0 Å². The predicted molar refractivity (Wildman–Crippen MR) is 78.8 cm³/mol. The molecule has 4 aromatic rings. The van der Waals surface area contributed by atoms with Crippen LogP contribution in [0.4, 0.5) is 0 Å². The number of hydrogen-bond donors (Lipinski definition) is 1. The van der Waals surface area contributed by atoms with Crippen LogP contribution >= 0.6 is 11.6 Å². The number of H-pyrrole nitrogens is 1. The van der Waals surface area contributed by atoms with Gasteiger partial charge in [0.05, 0.1) is 0 Å². The molecule has 0 aliphatic rings. The number of hydrogen-bond acceptors (Lipinski definition) is 1.